The van der Waals surface area contributed by atoms with Gasteiger partial charge in [-0.3, -0.25) is 0 Å². The summed E-state index contributed by atoms with van der Waals surface area (Å²) in [4.78, 5) is 10.2. The zero-order chi connectivity index (χ0) is 11.0. The maximum Gasteiger partial charge on any atom is 0.262 e. The van der Waals surface area contributed by atoms with Gasteiger partial charge in [0.2, 0.25) is 0 Å². The highest BCUT2D eigenvalue weighted by molar-refractivity contribution is 6.58. The molecule has 0 aliphatic heterocycles. The van der Waals surface area contributed by atoms with Gasteiger partial charge in [-0.1, -0.05) is 61.8 Å². The van der Waals surface area contributed by atoms with Crippen molar-refractivity contribution in [3.63, 3.8) is 0 Å². The summed E-state index contributed by atoms with van der Waals surface area (Å²) in [6.07, 6.45) is 2.98. The summed E-state index contributed by atoms with van der Waals surface area (Å²) in [7, 11) is 0. The minimum Gasteiger partial charge on any atom is -0.303 e. The van der Waals surface area contributed by atoms with Crippen molar-refractivity contribution >= 4 is 20.4 Å². The zero-order valence-corrected chi connectivity index (χ0v) is 11.4. The molecule has 0 radical (unpaired) electrons. The monoisotopic (exact) mass is 212 g/mol. The van der Waals surface area contributed by atoms with Gasteiger partial charge in [0, 0.05) is 6.42 Å². The normalized spacial score (nSPS) is 11.0. The van der Waals surface area contributed by atoms with Crippen LogP contribution in [0.4, 0.5) is 0 Å². The third-order valence-corrected chi connectivity index (χ3v) is 6.99. The quantitative estimate of drug-likeness (QED) is 0.340. The second-order valence-corrected chi connectivity index (χ2v) is 8.47. The number of carbonyl (C=O) groups is 1. The number of unbranched alkanes of at least 4 members (excludes halogenated alkanes) is 1. The first-order valence-electron chi connectivity index (χ1n) is 5.99. The Hall–Kier alpha value is 0.202. The fraction of sp³-hybridized carbons (Fsp3) is 0.917. The van der Waals surface area contributed by atoms with E-state index in [0.29, 0.717) is 0 Å². The van der Waals surface area contributed by atoms with Crippen LogP contribution in [0, 0.1) is 11.8 Å². The van der Waals surface area contributed by atoms with E-state index in [1.807, 2.05) is 0 Å². The molecule has 0 aromatic heterocycles. The second-order valence-electron chi connectivity index (χ2n) is 5.22. The predicted octanol–water partition coefficient (Wildman–Crippen LogP) is 3.77. The van der Waals surface area contributed by atoms with Gasteiger partial charge in [-0.05, 0) is 0 Å². The molecule has 1 nitrogen and oxygen atoms in total. The van der Waals surface area contributed by atoms with Gasteiger partial charge < -0.3 is 4.79 Å². The SMILES string of the molecule is CC(C)[CH2][Al]([CH2]CCC=O)[CH2]C(C)C. The molecule has 2 heteroatoms. The molecule has 0 amide bonds. The van der Waals surface area contributed by atoms with E-state index in [1.165, 1.54) is 15.8 Å². The summed E-state index contributed by atoms with van der Waals surface area (Å²) < 4.78 is 0. The summed E-state index contributed by atoms with van der Waals surface area (Å²) in [6.45, 7) is 9.28. The van der Waals surface area contributed by atoms with E-state index < -0.39 is 14.1 Å². The molecule has 0 heterocycles. The number of aldehydes is 1. The van der Waals surface area contributed by atoms with Crippen molar-refractivity contribution in [3.8, 4) is 0 Å². The highest BCUT2D eigenvalue weighted by Crippen LogP contribution is 2.19. The Morgan fingerprint density at radius 1 is 1.07 bits per heavy atom. The molecule has 0 aliphatic carbocycles. The van der Waals surface area contributed by atoms with Gasteiger partial charge in [0.25, 0.3) is 14.1 Å². The molecule has 0 saturated carbocycles. The number of carbonyl (C=O) groups excluding carboxylic acids is 1. The average Bonchev–Trinajstić information content (AvgIpc) is 2.02. The molecule has 14 heavy (non-hydrogen) atoms. The van der Waals surface area contributed by atoms with E-state index in [9.17, 15) is 4.79 Å². The van der Waals surface area contributed by atoms with Crippen LogP contribution >= 0.6 is 0 Å². The third-order valence-electron chi connectivity index (χ3n) is 2.54. The van der Waals surface area contributed by atoms with Crippen molar-refractivity contribution in [2.24, 2.45) is 11.8 Å². The van der Waals surface area contributed by atoms with E-state index in [1.54, 1.807) is 0 Å². The Morgan fingerprint density at radius 2 is 1.57 bits per heavy atom. The first kappa shape index (κ1) is 14.2. The van der Waals surface area contributed by atoms with Gasteiger partial charge in [-0.2, -0.15) is 0 Å². The molecule has 82 valence electrons. The molecule has 0 aromatic rings. The van der Waals surface area contributed by atoms with Crippen LogP contribution in [-0.2, 0) is 4.79 Å². The fourth-order valence-corrected chi connectivity index (χ4v) is 6.30. The minimum atomic E-state index is -0.540. The summed E-state index contributed by atoms with van der Waals surface area (Å²) in [5, 5.41) is 4.28. The maximum atomic E-state index is 10.2. The van der Waals surface area contributed by atoms with Crippen LogP contribution in [0.5, 0.6) is 0 Å². The molecule has 0 aliphatic rings. The lowest BCUT2D eigenvalue weighted by atomic mass is 10.3. The zero-order valence-electron chi connectivity index (χ0n) is 10.3. The van der Waals surface area contributed by atoms with Gasteiger partial charge in [-0.25, -0.2) is 0 Å². The lowest BCUT2D eigenvalue weighted by Crippen LogP contribution is -2.17. The molecule has 0 fully saturated rings. The number of hydrogen-bond acceptors (Lipinski definition) is 1. The molecule has 0 rings (SSSR count). The second kappa shape index (κ2) is 8.51. The van der Waals surface area contributed by atoms with Gasteiger partial charge in [0.05, 0.1) is 0 Å². The maximum absolute atomic E-state index is 10.2. The standard InChI is InChI=1S/C4H7O.2C4H9.Al/c1-2-3-4-5;2*1-4(2)3;/h4H,1-3H2;2*4H,1H2,2-3H3;. The fourth-order valence-electron chi connectivity index (χ4n) is 2.16. The van der Waals surface area contributed by atoms with Crippen LogP contribution < -0.4 is 0 Å². The van der Waals surface area contributed by atoms with Crippen LogP contribution in [0.2, 0.25) is 15.8 Å². The molecule has 0 N–H and O–H groups in total. The topological polar surface area (TPSA) is 17.1 Å². The van der Waals surface area contributed by atoms with Crippen molar-refractivity contribution < 1.29 is 4.79 Å². The summed E-state index contributed by atoms with van der Waals surface area (Å²) in [5.41, 5.74) is 0. The van der Waals surface area contributed by atoms with Crippen LogP contribution in [0.1, 0.15) is 40.5 Å². The molecular formula is C12H25AlO. The summed E-state index contributed by atoms with van der Waals surface area (Å²) in [6, 6.07) is 0. The van der Waals surface area contributed by atoms with Gasteiger partial charge in [0.15, 0.2) is 0 Å². The Balaban J connectivity index is 3.77. The molecular weight excluding hydrogens is 187 g/mol. The lowest BCUT2D eigenvalue weighted by molar-refractivity contribution is -0.107. The lowest BCUT2D eigenvalue weighted by Gasteiger charge is -2.15. The number of rotatable bonds is 8. The Kier molecular flexibility index (Phi) is 8.63. The molecule has 0 saturated heterocycles. The van der Waals surface area contributed by atoms with Crippen molar-refractivity contribution in [1.29, 1.82) is 0 Å². The molecule has 0 bridgehead atoms. The Bertz CT molecular complexity index is 133. The first-order valence-corrected chi connectivity index (χ1v) is 8.44. The number of hydrogen-bond donors (Lipinski definition) is 0. The van der Waals surface area contributed by atoms with Gasteiger partial charge in [0.1, 0.15) is 6.29 Å². The average molecular weight is 212 g/mol. The molecule has 0 atom stereocenters. The first-order chi connectivity index (χ1) is 6.56. The van der Waals surface area contributed by atoms with Gasteiger partial charge in [-0.15, -0.1) is 0 Å². The smallest absolute Gasteiger partial charge is 0.262 e. The highest BCUT2D eigenvalue weighted by Gasteiger charge is 2.18. The summed E-state index contributed by atoms with van der Waals surface area (Å²) in [5.74, 6) is 1.70. The van der Waals surface area contributed by atoms with E-state index in [4.69, 9.17) is 0 Å². The highest BCUT2D eigenvalue weighted by atomic mass is 27.2. The van der Waals surface area contributed by atoms with Crippen LogP contribution in [-0.4, -0.2) is 20.4 Å². The Labute approximate surface area is 93.7 Å². The van der Waals surface area contributed by atoms with Crippen LogP contribution in [0.15, 0.2) is 0 Å². The molecule has 0 unspecified atom stereocenters. The Morgan fingerprint density at radius 3 is 1.93 bits per heavy atom. The van der Waals surface area contributed by atoms with E-state index in [-0.39, 0.29) is 0 Å². The van der Waals surface area contributed by atoms with E-state index >= 15 is 0 Å². The largest absolute Gasteiger partial charge is 0.303 e. The molecule has 0 aromatic carbocycles. The third kappa shape index (κ3) is 8.79. The van der Waals surface area contributed by atoms with E-state index in [2.05, 4.69) is 27.7 Å². The predicted molar refractivity (Wildman–Crippen MR) is 65.1 cm³/mol. The van der Waals surface area contributed by atoms with Crippen molar-refractivity contribution in [2.75, 3.05) is 0 Å². The molecule has 0 spiro atoms. The van der Waals surface area contributed by atoms with Gasteiger partial charge >= 0.3 is 0 Å². The van der Waals surface area contributed by atoms with Crippen LogP contribution in [0.25, 0.3) is 0 Å². The van der Waals surface area contributed by atoms with Crippen LogP contribution in [0.3, 0.4) is 0 Å². The van der Waals surface area contributed by atoms with Crippen molar-refractivity contribution in [3.05, 3.63) is 0 Å². The van der Waals surface area contributed by atoms with E-state index in [0.717, 1.165) is 31.0 Å². The summed E-state index contributed by atoms with van der Waals surface area (Å²) >= 11 is -0.540. The van der Waals surface area contributed by atoms with Crippen molar-refractivity contribution in [2.45, 2.75) is 56.4 Å². The van der Waals surface area contributed by atoms with Crippen molar-refractivity contribution in [1.82, 2.24) is 0 Å². The minimum absolute atomic E-state index is 0.540.